The van der Waals surface area contributed by atoms with Crippen molar-refractivity contribution in [2.75, 3.05) is 42.7 Å². The fraction of sp³-hybridized carbons (Fsp3) is 0.455. The number of aromatic nitrogens is 2. The molecule has 8 nitrogen and oxygen atoms in total. The number of halogens is 1. The predicted molar refractivity (Wildman–Crippen MR) is 128 cm³/mol. The highest BCUT2D eigenvalue weighted by Gasteiger charge is 2.25. The van der Waals surface area contributed by atoms with E-state index >= 15 is 0 Å². The van der Waals surface area contributed by atoms with E-state index in [1.54, 1.807) is 25.3 Å². The topological polar surface area (TPSA) is 96.5 Å². The number of piperidine rings is 1. The largest absolute Gasteiger partial charge is 0.495 e. The maximum Gasteiger partial charge on any atom is 0.234 e. The second kappa shape index (κ2) is 11.9. The average Bonchev–Trinajstić information content (AvgIpc) is 2.81. The van der Waals surface area contributed by atoms with Crippen molar-refractivity contribution in [3.05, 3.63) is 35.6 Å². The number of ether oxygens (including phenoxy) is 1. The number of nitrogens with zero attached hydrogens (tertiary/aromatic N) is 3. The number of thioether (sulfide) groups is 1. The highest BCUT2D eigenvalue weighted by Crippen LogP contribution is 2.28. The first-order valence-corrected chi connectivity index (χ1v) is 12.0. The number of hydrogen-bond acceptors (Lipinski definition) is 7. The van der Waals surface area contributed by atoms with Gasteiger partial charge in [-0.1, -0.05) is 30.3 Å². The molecule has 172 valence electrons. The third-order valence-corrected chi connectivity index (χ3v) is 6.37. The summed E-state index contributed by atoms with van der Waals surface area (Å²) >= 11 is 7.44. The molecule has 1 aliphatic rings. The summed E-state index contributed by atoms with van der Waals surface area (Å²) in [6.07, 6.45) is 4.06. The Morgan fingerprint density at radius 1 is 1.25 bits per heavy atom. The molecule has 0 unspecified atom stereocenters. The highest BCUT2D eigenvalue weighted by atomic mass is 35.5. The van der Waals surface area contributed by atoms with E-state index in [0.29, 0.717) is 16.5 Å². The Bertz CT molecular complexity index is 938. The minimum absolute atomic E-state index is 0.0589. The summed E-state index contributed by atoms with van der Waals surface area (Å²) in [7, 11) is 1.54. The Labute approximate surface area is 197 Å². The number of anilines is 2. The Kier molecular flexibility index (Phi) is 8.99. The van der Waals surface area contributed by atoms with Gasteiger partial charge in [-0.3, -0.25) is 9.59 Å². The Hall–Kier alpha value is -2.52. The number of carbonyl (C=O) groups is 2. The molecule has 32 heavy (non-hydrogen) atoms. The third-order valence-electron chi connectivity index (χ3n) is 5.15. The van der Waals surface area contributed by atoms with Crippen molar-refractivity contribution in [3.63, 3.8) is 0 Å². The van der Waals surface area contributed by atoms with Gasteiger partial charge in [0.1, 0.15) is 22.9 Å². The smallest absolute Gasteiger partial charge is 0.234 e. The van der Waals surface area contributed by atoms with Crippen molar-refractivity contribution in [2.24, 2.45) is 5.92 Å². The standard InChI is InChI=1S/C22H28ClN5O3S/c1-3-8-24-22(30)15-6-9-28(10-7-15)19-12-21(26-14-25-19)32-13-20(29)27-16-4-5-18(31-2)17(23)11-16/h4-5,11-12,14-15H,3,6-10,13H2,1-2H3,(H,24,30)(H,27,29). The minimum Gasteiger partial charge on any atom is -0.495 e. The molecule has 0 radical (unpaired) electrons. The summed E-state index contributed by atoms with van der Waals surface area (Å²) in [6.45, 7) is 4.31. The van der Waals surface area contributed by atoms with Gasteiger partial charge in [0.2, 0.25) is 11.8 Å². The molecule has 2 aromatic rings. The van der Waals surface area contributed by atoms with E-state index in [0.717, 1.165) is 49.7 Å². The number of nitrogens with one attached hydrogen (secondary N) is 2. The van der Waals surface area contributed by atoms with Gasteiger partial charge in [-0.25, -0.2) is 9.97 Å². The first-order chi connectivity index (χ1) is 15.5. The van der Waals surface area contributed by atoms with E-state index in [-0.39, 0.29) is 23.5 Å². The van der Waals surface area contributed by atoms with E-state index < -0.39 is 0 Å². The molecule has 1 aromatic carbocycles. The molecule has 0 bridgehead atoms. The quantitative estimate of drug-likeness (QED) is 0.420. The molecule has 0 spiro atoms. The summed E-state index contributed by atoms with van der Waals surface area (Å²) in [4.78, 5) is 35.3. The molecule has 1 aliphatic heterocycles. The lowest BCUT2D eigenvalue weighted by atomic mass is 9.96. The van der Waals surface area contributed by atoms with Crippen molar-refractivity contribution in [2.45, 2.75) is 31.2 Å². The molecule has 2 heterocycles. The van der Waals surface area contributed by atoms with Crippen LogP contribution in [0.1, 0.15) is 26.2 Å². The van der Waals surface area contributed by atoms with Crippen molar-refractivity contribution < 1.29 is 14.3 Å². The van der Waals surface area contributed by atoms with Gasteiger partial charge < -0.3 is 20.3 Å². The number of amides is 2. The molecule has 10 heteroatoms. The summed E-state index contributed by atoms with van der Waals surface area (Å²) in [5.74, 6) is 1.63. The van der Waals surface area contributed by atoms with E-state index in [1.807, 2.05) is 13.0 Å². The zero-order chi connectivity index (χ0) is 22.9. The molecule has 2 N–H and O–H groups in total. The van der Waals surface area contributed by atoms with Crippen molar-refractivity contribution in [1.82, 2.24) is 15.3 Å². The van der Waals surface area contributed by atoms with Crippen molar-refractivity contribution >= 4 is 46.7 Å². The Balaban J connectivity index is 1.49. The van der Waals surface area contributed by atoms with Crippen LogP contribution in [0.5, 0.6) is 5.75 Å². The van der Waals surface area contributed by atoms with Gasteiger partial charge in [0, 0.05) is 37.3 Å². The molecule has 2 amide bonds. The third kappa shape index (κ3) is 6.74. The zero-order valence-electron chi connectivity index (χ0n) is 18.3. The summed E-state index contributed by atoms with van der Waals surface area (Å²) < 4.78 is 5.12. The maximum absolute atomic E-state index is 12.3. The highest BCUT2D eigenvalue weighted by molar-refractivity contribution is 7.99. The molecule has 1 fully saturated rings. The summed E-state index contributed by atoms with van der Waals surface area (Å²) in [5.41, 5.74) is 0.607. The molecular formula is C22H28ClN5O3S. The van der Waals surface area contributed by atoms with Crippen molar-refractivity contribution in [3.8, 4) is 5.75 Å². The second-order valence-corrected chi connectivity index (χ2v) is 8.86. The van der Waals surface area contributed by atoms with Gasteiger partial charge >= 0.3 is 0 Å². The maximum atomic E-state index is 12.3. The lowest BCUT2D eigenvalue weighted by Gasteiger charge is -2.32. The number of carbonyl (C=O) groups excluding carboxylic acids is 2. The van der Waals surface area contributed by atoms with Crippen LogP contribution >= 0.6 is 23.4 Å². The average molecular weight is 478 g/mol. The van der Waals surface area contributed by atoms with E-state index in [1.165, 1.54) is 18.1 Å². The fourth-order valence-corrected chi connectivity index (χ4v) is 4.35. The van der Waals surface area contributed by atoms with Crippen LogP contribution in [0.15, 0.2) is 35.6 Å². The van der Waals surface area contributed by atoms with Gasteiger partial charge in [-0.15, -0.1) is 0 Å². The molecule has 0 atom stereocenters. The van der Waals surface area contributed by atoms with Crippen LogP contribution in [0.4, 0.5) is 11.5 Å². The fourth-order valence-electron chi connectivity index (χ4n) is 3.43. The van der Waals surface area contributed by atoms with E-state index in [9.17, 15) is 9.59 Å². The Morgan fingerprint density at radius 3 is 2.72 bits per heavy atom. The van der Waals surface area contributed by atoms with Gasteiger partial charge in [-0.05, 0) is 37.5 Å². The molecule has 1 aromatic heterocycles. The monoisotopic (exact) mass is 477 g/mol. The van der Waals surface area contributed by atoms with Crippen LogP contribution in [0, 0.1) is 5.92 Å². The first kappa shape index (κ1) is 24.1. The van der Waals surface area contributed by atoms with Gasteiger partial charge in [0.15, 0.2) is 0 Å². The lowest BCUT2D eigenvalue weighted by molar-refractivity contribution is -0.125. The van der Waals surface area contributed by atoms with Gasteiger partial charge in [-0.2, -0.15) is 0 Å². The van der Waals surface area contributed by atoms with Crippen LogP contribution in [-0.2, 0) is 9.59 Å². The van der Waals surface area contributed by atoms with Crippen LogP contribution < -0.4 is 20.3 Å². The van der Waals surface area contributed by atoms with Crippen LogP contribution in [0.3, 0.4) is 0 Å². The number of hydrogen-bond donors (Lipinski definition) is 2. The molecular weight excluding hydrogens is 450 g/mol. The van der Waals surface area contributed by atoms with Crippen LogP contribution in [0.25, 0.3) is 0 Å². The molecule has 3 rings (SSSR count). The van der Waals surface area contributed by atoms with Crippen LogP contribution in [-0.4, -0.2) is 54.3 Å². The predicted octanol–water partition coefficient (Wildman–Crippen LogP) is 3.61. The molecule has 0 aliphatic carbocycles. The number of rotatable bonds is 9. The first-order valence-electron chi connectivity index (χ1n) is 10.6. The van der Waals surface area contributed by atoms with E-state index in [2.05, 4.69) is 25.5 Å². The minimum atomic E-state index is -0.157. The number of benzene rings is 1. The molecule has 0 saturated carbocycles. The summed E-state index contributed by atoms with van der Waals surface area (Å²) in [6, 6.07) is 6.98. The summed E-state index contributed by atoms with van der Waals surface area (Å²) in [5, 5.41) is 6.96. The lowest BCUT2D eigenvalue weighted by Crippen LogP contribution is -2.41. The zero-order valence-corrected chi connectivity index (χ0v) is 19.8. The van der Waals surface area contributed by atoms with Crippen LogP contribution in [0.2, 0.25) is 5.02 Å². The number of methoxy groups -OCH3 is 1. The van der Waals surface area contributed by atoms with E-state index in [4.69, 9.17) is 16.3 Å². The second-order valence-electron chi connectivity index (χ2n) is 7.45. The SMILES string of the molecule is CCCNC(=O)C1CCN(c2cc(SCC(=O)Nc3ccc(OC)c(Cl)c3)ncn2)CC1. The van der Waals surface area contributed by atoms with Crippen molar-refractivity contribution in [1.29, 1.82) is 0 Å². The van der Waals surface area contributed by atoms with Gasteiger partial charge in [0.05, 0.1) is 17.9 Å². The molecule has 1 saturated heterocycles. The Morgan fingerprint density at radius 2 is 2.03 bits per heavy atom. The normalized spacial score (nSPS) is 14.2. The van der Waals surface area contributed by atoms with Gasteiger partial charge in [0.25, 0.3) is 0 Å².